The van der Waals surface area contributed by atoms with Crippen molar-refractivity contribution >= 4 is 10.9 Å². The van der Waals surface area contributed by atoms with E-state index in [1.54, 1.807) is 12.1 Å². The minimum Gasteiger partial charge on any atom is -0.267 e. The molecule has 0 unspecified atom stereocenters. The van der Waals surface area contributed by atoms with Crippen molar-refractivity contribution in [3.63, 3.8) is 0 Å². The van der Waals surface area contributed by atoms with Gasteiger partial charge in [0.25, 0.3) is 5.56 Å². The van der Waals surface area contributed by atoms with Gasteiger partial charge in [-0.25, -0.2) is 15.0 Å². The van der Waals surface area contributed by atoms with Gasteiger partial charge in [0.2, 0.25) is 0 Å². The molecule has 0 saturated carbocycles. The number of aromatic nitrogens is 3. The molecule has 0 fully saturated rings. The summed E-state index contributed by atoms with van der Waals surface area (Å²) in [6.45, 7) is 0. The fourth-order valence-corrected chi connectivity index (χ4v) is 0.951. The van der Waals surface area contributed by atoms with Crippen LogP contribution in [0.3, 0.4) is 0 Å². The lowest BCUT2D eigenvalue weighted by Gasteiger charge is -1.84. The van der Waals surface area contributed by atoms with Crippen LogP contribution in [0.4, 0.5) is 0 Å². The number of hydrogen-bond donors (Lipinski definition) is 0. The molecular weight excluding hydrogens is 154 g/mol. The topological polar surface area (TPSA) is 55.7 Å². The molecule has 0 N–H and O–H groups in total. The summed E-state index contributed by atoms with van der Waals surface area (Å²) in [7, 11) is 0. The molecule has 2 rings (SSSR count). The van der Waals surface area contributed by atoms with Gasteiger partial charge in [-0.3, -0.25) is 4.79 Å². The van der Waals surface area contributed by atoms with Crippen LogP contribution in [-0.4, -0.2) is 15.0 Å². The van der Waals surface area contributed by atoms with E-state index < -0.39 is 0 Å². The maximum absolute atomic E-state index is 11.2. The van der Waals surface area contributed by atoms with E-state index in [9.17, 15) is 4.79 Å². The molecule has 12 heavy (non-hydrogen) atoms. The average molecular weight is 159 g/mol. The van der Waals surface area contributed by atoms with Crippen molar-refractivity contribution in [3.05, 3.63) is 41.2 Å². The van der Waals surface area contributed by atoms with Crippen molar-refractivity contribution < 1.29 is 0 Å². The largest absolute Gasteiger partial charge is 0.280 e. The normalized spacial score (nSPS) is 10.0. The van der Waals surface area contributed by atoms with E-state index in [1.165, 1.54) is 18.7 Å². The predicted molar refractivity (Wildman–Crippen MR) is 43.6 cm³/mol. The molecule has 4 nitrogen and oxygen atoms in total. The van der Waals surface area contributed by atoms with E-state index in [-0.39, 0.29) is 5.56 Å². The molecule has 0 aliphatic carbocycles. The highest BCUT2D eigenvalue weighted by atomic mass is 16.1. The SMILES string of the molecule is O=c1ncccc2ncncc12. The van der Waals surface area contributed by atoms with Crippen LogP contribution in [0.15, 0.2) is 35.6 Å². The van der Waals surface area contributed by atoms with Crippen LogP contribution in [0, 0.1) is 0 Å². The summed E-state index contributed by atoms with van der Waals surface area (Å²) >= 11 is 0. The summed E-state index contributed by atoms with van der Waals surface area (Å²) in [6.07, 6.45) is 4.32. The van der Waals surface area contributed by atoms with Crippen molar-refractivity contribution in [1.82, 2.24) is 15.0 Å². The Bertz CT molecular complexity index is 469. The van der Waals surface area contributed by atoms with E-state index >= 15 is 0 Å². The van der Waals surface area contributed by atoms with Crippen LogP contribution in [0.25, 0.3) is 10.9 Å². The van der Waals surface area contributed by atoms with Gasteiger partial charge in [-0.15, -0.1) is 0 Å². The van der Waals surface area contributed by atoms with Gasteiger partial charge in [-0.05, 0) is 12.1 Å². The Kier molecular flexibility index (Phi) is 1.51. The summed E-state index contributed by atoms with van der Waals surface area (Å²) < 4.78 is 0. The lowest BCUT2D eigenvalue weighted by Crippen LogP contribution is -2.01. The number of hydrogen-bond acceptors (Lipinski definition) is 4. The van der Waals surface area contributed by atoms with E-state index in [1.807, 2.05) is 0 Å². The Hall–Kier alpha value is -1.84. The van der Waals surface area contributed by atoms with Crippen LogP contribution in [0.5, 0.6) is 0 Å². The molecule has 0 bridgehead atoms. The molecular formula is C8H5N3O. The van der Waals surface area contributed by atoms with Gasteiger partial charge in [-0.1, -0.05) is 0 Å². The van der Waals surface area contributed by atoms with Crippen molar-refractivity contribution in [2.75, 3.05) is 0 Å². The summed E-state index contributed by atoms with van der Waals surface area (Å²) in [5.41, 5.74) is 0.322. The van der Waals surface area contributed by atoms with Gasteiger partial charge >= 0.3 is 0 Å². The number of fused-ring (bicyclic) bond motifs is 1. The first-order chi connectivity index (χ1) is 5.88. The Labute approximate surface area is 67.9 Å². The van der Waals surface area contributed by atoms with Crippen molar-refractivity contribution in [1.29, 1.82) is 0 Å². The summed E-state index contributed by atoms with van der Waals surface area (Å²) in [6, 6.07) is 3.40. The van der Waals surface area contributed by atoms with Crippen molar-refractivity contribution in [2.24, 2.45) is 0 Å². The van der Waals surface area contributed by atoms with E-state index in [0.717, 1.165) is 0 Å². The average Bonchev–Trinajstić information content (AvgIpc) is 2.29. The van der Waals surface area contributed by atoms with Gasteiger partial charge in [-0.2, -0.15) is 0 Å². The third kappa shape index (κ3) is 1.03. The van der Waals surface area contributed by atoms with Gasteiger partial charge in [0.05, 0.1) is 10.9 Å². The third-order valence-electron chi connectivity index (χ3n) is 1.51. The molecule has 2 aromatic rings. The lowest BCUT2D eigenvalue weighted by atomic mass is 10.3. The molecule has 4 heteroatoms. The molecule has 0 aromatic carbocycles. The fourth-order valence-electron chi connectivity index (χ4n) is 0.951. The molecule has 0 atom stereocenters. The van der Waals surface area contributed by atoms with Gasteiger partial charge in [0.15, 0.2) is 0 Å². The number of rotatable bonds is 0. The Morgan fingerprint density at radius 3 is 3.08 bits per heavy atom. The van der Waals surface area contributed by atoms with Gasteiger partial charge in [0.1, 0.15) is 6.33 Å². The van der Waals surface area contributed by atoms with E-state index in [0.29, 0.717) is 10.9 Å². The molecule has 0 radical (unpaired) electrons. The summed E-state index contributed by atoms with van der Waals surface area (Å²) in [4.78, 5) is 22.5. The maximum Gasteiger partial charge on any atom is 0.280 e. The molecule has 2 heterocycles. The highest BCUT2D eigenvalue weighted by molar-refractivity contribution is 5.74. The maximum atomic E-state index is 11.2. The Morgan fingerprint density at radius 2 is 2.17 bits per heavy atom. The summed E-state index contributed by atoms with van der Waals surface area (Å²) in [5.74, 6) is 0. The van der Waals surface area contributed by atoms with Crippen LogP contribution in [0.2, 0.25) is 0 Å². The second kappa shape index (κ2) is 2.65. The number of nitrogens with zero attached hydrogens (tertiary/aromatic N) is 3. The summed E-state index contributed by atoms with van der Waals surface area (Å²) in [5, 5.41) is 0.447. The standard InChI is InChI=1S/C8H5N3O/c12-8-6-4-9-5-11-7(6)2-1-3-10-8/h1-5H. The van der Waals surface area contributed by atoms with Crippen molar-refractivity contribution in [3.8, 4) is 0 Å². The van der Waals surface area contributed by atoms with Crippen LogP contribution in [-0.2, 0) is 0 Å². The Balaban J connectivity index is 3.06. The zero-order valence-corrected chi connectivity index (χ0v) is 6.14. The zero-order chi connectivity index (χ0) is 8.39. The quantitative estimate of drug-likeness (QED) is 0.557. The Morgan fingerprint density at radius 1 is 1.25 bits per heavy atom. The minimum atomic E-state index is -0.296. The molecule has 0 spiro atoms. The monoisotopic (exact) mass is 159 g/mol. The van der Waals surface area contributed by atoms with Crippen molar-refractivity contribution in [2.45, 2.75) is 0 Å². The van der Waals surface area contributed by atoms with Gasteiger partial charge in [0, 0.05) is 12.4 Å². The molecule has 58 valence electrons. The van der Waals surface area contributed by atoms with Crippen LogP contribution in [0.1, 0.15) is 0 Å². The second-order valence-electron chi connectivity index (χ2n) is 2.26. The smallest absolute Gasteiger partial charge is 0.267 e. The molecule has 0 amide bonds. The van der Waals surface area contributed by atoms with E-state index in [4.69, 9.17) is 0 Å². The molecule has 0 aliphatic rings. The highest BCUT2D eigenvalue weighted by Gasteiger charge is 1.94. The first-order valence-corrected chi connectivity index (χ1v) is 3.43. The van der Waals surface area contributed by atoms with E-state index in [2.05, 4.69) is 15.0 Å². The third-order valence-corrected chi connectivity index (χ3v) is 1.51. The predicted octanol–water partition coefficient (Wildman–Crippen LogP) is 0.385. The second-order valence-corrected chi connectivity index (χ2v) is 2.26. The zero-order valence-electron chi connectivity index (χ0n) is 6.14. The first-order valence-electron chi connectivity index (χ1n) is 3.43. The minimum absolute atomic E-state index is 0.296. The first kappa shape index (κ1) is 6.84. The van der Waals surface area contributed by atoms with Crippen LogP contribution >= 0.6 is 0 Å². The molecule has 0 aliphatic heterocycles. The van der Waals surface area contributed by atoms with Crippen LogP contribution < -0.4 is 5.56 Å². The molecule has 0 saturated heterocycles. The lowest BCUT2D eigenvalue weighted by molar-refractivity contribution is 1.21. The molecule has 2 aromatic heterocycles. The van der Waals surface area contributed by atoms with Gasteiger partial charge < -0.3 is 0 Å². The highest BCUT2D eigenvalue weighted by Crippen LogP contribution is 1.99. The fraction of sp³-hybridized carbons (Fsp3) is 0.